The molecule has 2 heterocycles. The highest BCUT2D eigenvalue weighted by Gasteiger charge is 2.20. The molecule has 0 saturated heterocycles. The van der Waals surface area contributed by atoms with Crippen LogP contribution < -0.4 is 15.1 Å². The maximum absolute atomic E-state index is 11.7. The lowest BCUT2D eigenvalue weighted by molar-refractivity contribution is 0.367. The maximum Gasteiger partial charge on any atom is 0.336 e. The zero-order valence-electron chi connectivity index (χ0n) is 16.1. The summed E-state index contributed by atoms with van der Waals surface area (Å²) in [6.45, 7) is 6.72. The van der Waals surface area contributed by atoms with Crippen LogP contribution in [0.2, 0.25) is 0 Å². The first-order valence-electron chi connectivity index (χ1n) is 8.94. The molecule has 0 saturated carbocycles. The summed E-state index contributed by atoms with van der Waals surface area (Å²) >= 11 is 0. The van der Waals surface area contributed by atoms with E-state index in [1.54, 1.807) is 12.3 Å². The molecule has 0 aliphatic rings. The Kier molecular flexibility index (Phi) is 5.69. The van der Waals surface area contributed by atoms with Gasteiger partial charge in [0.25, 0.3) is 0 Å². The number of methoxy groups -OCH3 is 1. The topological polar surface area (TPSA) is 61.8 Å². The third kappa shape index (κ3) is 4.08. The molecule has 0 amide bonds. The van der Waals surface area contributed by atoms with Crippen LogP contribution in [0.15, 0.2) is 61.4 Å². The van der Waals surface area contributed by atoms with Gasteiger partial charge in [0.15, 0.2) is 11.2 Å². The second-order valence-corrected chi connectivity index (χ2v) is 6.70. The fraction of sp³-hybridized carbons (Fsp3) is 0.318. The van der Waals surface area contributed by atoms with Crippen molar-refractivity contribution in [2.45, 2.75) is 33.6 Å². The molecule has 0 atom stereocenters. The van der Waals surface area contributed by atoms with Gasteiger partial charge in [-0.1, -0.05) is 17.2 Å². The highest BCUT2D eigenvalue weighted by molar-refractivity contribution is 6.06. The number of hydrogen-bond acceptors (Lipinski definition) is 5. The third-order valence-electron chi connectivity index (χ3n) is 4.36. The Morgan fingerprint density at radius 3 is 2.56 bits per heavy atom. The minimum Gasteiger partial charge on any atom is -0.490 e. The molecule has 0 bridgehead atoms. The Balaban J connectivity index is 1.93. The van der Waals surface area contributed by atoms with Gasteiger partial charge in [-0.25, -0.2) is 4.79 Å². The molecule has 3 rings (SSSR count). The molecule has 0 fully saturated rings. The second-order valence-electron chi connectivity index (χ2n) is 6.70. The molecule has 0 aliphatic carbocycles. The standard InChI is InChI=1S/C22H24O5/c1-14(2)6-5-7-15(3)10-12-25-19-16-8-9-18(23)27-21(16)22(24-4)20-17(19)11-13-26-20/h6,8-11,13H,5,7,12H2,1-4H3/b15-10-. The summed E-state index contributed by atoms with van der Waals surface area (Å²) in [7, 11) is 1.52. The smallest absolute Gasteiger partial charge is 0.336 e. The van der Waals surface area contributed by atoms with Crippen molar-refractivity contribution in [3.05, 3.63) is 58.2 Å². The van der Waals surface area contributed by atoms with Crippen LogP contribution >= 0.6 is 0 Å². The Bertz CT molecular complexity index is 1060. The first-order valence-corrected chi connectivity index (χ1v) is 8.94. The fourth-order valence-electron chi connectivity index (χ4n) is 2.97. The maximum atomic E-state index is 11.7. The van der Waals surface area contributed by atoms with Crippen molar-refractivity contribution in [2.24, 2.45) is 0 Å². The van der Waals surface area contributed by atoms with Gasteiger partial charge in [0.2, 0.25) is 5.75 Å². The van der Waals surface area contributed by atoms with E-state index in [9.17, 15) is 4.79 Å². The summed E-state index contributed by atoms with van der Waals surface area (Å²) in [6.07, 6.45) is 7.88. The largest absolute Gasteiger partial charge is 0.490 e. The van der Waals surface area contributed by atoms with Crippen molar-refractivity contribution in [1.82, 2.24) is 0 Å². The van der Waals surface area contributed by atoms with Gasteiger partial charge in [-0.2, -0.15) is 0 Å². The van der Waals surface area contributed by atoms with Crippen molar-refractivity contribution >= 4 is 21.9 Å². The lowest BCUT2D eigenvalue weighted by atomic mass is 10.1. The molecule has 142 valence electrons. The molecule has 0 N–H and O–H groups in total. The predicted octanol–water partition coefficient (Wildman–Crippen LogP) is 5.62. The van der Waals surface area contributed by atoms with Crippen molar-refractivity contribution in [3.63, 3.8) is 0 Å². The van der Waals surface area contributed by atoms with E-state index < -0.39 is 5.63 Å². The monoisotopic (exact) mass is 368 g/mol. The van der Waals surface area contributed by atoms with E-state index in [1.165, 1.54) is 24.3 Å². The van der Waals surface area contributed by atoms with Crippen LogP contribution in [0.5, 0.6) is 11.5 Å². The highest BCUT2D eigenvalue weighted by Crippen LogP contribution is 2.42. The number of allylic oxidation sites excluding steroid dienone is 3. The molecule has 0 radical (unpaired) electrons. The third-order valence-corrected chi connectivity index (χ3v) is 4.36. The zero-order chi connectivity index (χ0) is 19.4. The molecular formula is C22H24O5. The number of ether oxygens (including phenoxy) is 2. The van der Waals surface area contributed by atoms with E-state index in [0.717, 1.165) is 18.2 Å². The molecule has 0 unspecified atom stereocenters. The molecule has 5 nitrogen and oxygen atoms in total. The summed E-state index contributed by atoms with van der Waals surface area (Å²) in [6, 6.07) is 4.89. The lowest BCUT2D eigenvalue weighted by Crippen LogP contribution is -2.01. The first kappa shape index (κ1) is 18.8. The highest BCUT2D eigenvalue weighted by atomic mass is 16.5. The molecule has 3 aromatic rings. The molecule has 0 spiro atoms. The average molecular weight is 368 g/mol. The molecule has 27 heavy (non-hydrogen) atoms. The summed E-state index contributed by atoms with van der Waals surface area (Å²) in [5, 5.41) is 1.46. The van der Waals surface area contributed by atoms with Gasteiger partial charge in [-0.15, -0.1) is 0 Å². The number of hydrogen-bond donors (Lipinski definition) is 0. The van der Waals surface area contributed by atoms with E-state index in [2.05, 4.69) is 32.9 Å². The number of rotatable bonds is 7. The van der Waals surface area contributed by atoms with Gasteiger partial charge in [-0.05, 0) is 51.8 Å². The first-order chi connectivity index (χ1) is 13.0. The Hall–Kier alpha value is -2.95. The summed E-state index contributed by atoms with van der Waals surface area (Å²) in [4.78, 5) is 11.7. The quantitative estimate of drug-likeness (QED) is 0.400. The van der Waals surface area contributed by atoms with Crippen molar-refractivity contribution in [2.75, 3.05) is 13.7 Å². The van der Waals surface area contributed by atoms with Crippen molar-refractivity contribution in [1.29, 1.82) is 0 Å². The molecule has 5 heteroatoms. The van der Waals surface area contributed by atoms with Crippen LogP contribution in [0.3, 0.4) is 0 Å². The predicted molar refractivity (Wildman–Crippen MR) is 107 cm³/mol. The molecule has 0 aliphatic heterocycles. The van der Waals surface area contributed by atoms with Crippen LogP contribution in [-0.4, -0.2) is 13.7 Å². The van der Waals surface area contributed by atoms with E-state index in [0.29, 0.717) is 34.7 Å². The van der Waals surface area contributed by atoms with E-state index in [1.807, 2.05) is 6.07 Å². The Morgan fingerprint density at radius 1 is 1.04 bits per heavy atom. The van der Waals surface area contributed by atoms with E-state index >= 15 is 0 Å². The Morgan fingerprint density at radius 2 is 1.81 bits per heavy atom. The minimum absolute atomic E-state index is 0.326. The summed E-state index contributed by atoms with van der Waals surface area (Å²) < 4.78 is 22.4. The number of benzene rings is 1. The van der Waals surface area contributed by atoms with Crippen LogP contribution in [0.25, 0.3) is 21.9 Å². The van der Waals surface area contributed by atoms with Gasteiger partial charge in [0, 0.05) is 6.07 Å². The molecule has 1 aromatic carbocycles. The normalized spacial score (nSPS) is 11.8. The summed E-state index contributed by atoms with van der Waals surface area (Å²) in [5.41, 5.74) is 2.96. The van der Waals surface area contributed by atoms with Gasteiger partial charge in [0.05, 0.1) is 24.1 Å². The lowest BCUT2D eigenvalue weighted by Gasteiger charge is -2.11. The van der Waals surface area contributed by atoms with Crippen LogP contribution in [0.4, 0.5) is 0 Å². The van der Waals surface area contributed by atoms with Crippen LogP contribution in [-0.2, 0) is 0 Å². The van der Waals surface area contributed by atoms with Gasteiger partial charge in [0.1, 0.15) is 12.4 Å². The van der Waals surface area contributed by atoms with Gasteiger partial charge >= 0.3 is 5.63 Å². The van der Waals surface area contributed by atoms with E-state index in [-0.39, 0.29) is 0 Å². The molecular weight excluding hydrogens is 344 g/mol. The van der Waals surface area contributed by atoms with Crippen LogP contribution in [0.1, 0.15) is 33.6 Å². The fourth-order valence-corrected chi connectivity index (χ4v) is 2.97. The number of fused-ring (bicyclic) bond motifs is 2. The number of furan rings is 1. The van der Waals surface area contributed by atoms with Gasteiger partial charge in [-0.3, -0.25) is 0 Å². The minimum atomic E-state index is -0.451. The summed E-state index contributed by atoms with van der Waals surface area (Å²) in [5.74, 6) is 1.01. The van der Waals surface area contributed by atoms with Gasteiger partial charge < -0.3 is 18.3 Å². The van der Waals surface area contributed by atoms with Crippen molar-refractivity contribution < 1.29 is 18.3 Å². The average Bonchev–Trinajstić information content (AvgIpc) is 3.10. The Labute approximate surface area is 157 Å². The van der Waals surface area contributed by atoms with Crippen molar-refractivity contribution in [3.8, 4) is 11.5 Å². The van der Waals surface area contributed by atoms with E-state index in [4.69, 9.17) is 18.3 Å². The SMILES string of the molecule is COc1c2occc2c(OC/C=C(/C)CCC=C(C)C)c2ccc(=O)oc12. The molecule has 2 aromatic heterocycles. The van der Waals surface area contributed by atoms with Crippen LogP contribution in [0, 0.1) is 0 Å². The zero-order valence-corrected chi connectivity index (χ0v) is 16.1. The second kappa shape index (κ2) is 8.16.